The van der Waals surface area contributed by atoms with Crippen molar-refractivity contribution in [2.24, 2.45) is 0 Å². The minimum atomic E-state index is -0.296. The molecule has 0 bridgehead atoms. The summed E-state index contributed by atoms with van der Waals surface area (Å²) in [5, 5.41) is 10.0. The van der Waals surface area contributed by atoms with E-state index in [1.165, 1.54) is 18.9 Å². The molecule has 7 nitrogen and oxygen atoms in total. The second-order valence-electron chi connectivity index (χ2n) is 5.13. The third-order valence-corrected chi connectivity index (χ3v) is 4.55. The van der Waals surface area contributed by atoms with Crippen molar-refractivity contribution in [3.63, 3.8) is 0 Å². The molecule has 0 N–H and O–H groups in total. The van der Waals surface area contributed by atoms with Crippen molar-refractivity contribution in [2.75, 3.05) is 12.9 Å². The molecule has 3 rings (SSSR count). The highest BCUT2D eigenvalue weighted by molar-refractivity contribution is 7.99. The van der Waals surface area contributed by atoms with Gasteiger partial charge in [0.1, 0.15) is 17.9 Å². The molecular formula is C17H18N4O3S. The summed E-state index contributed by atoms with van der Waals surface area (Å²) in [7, 11) is 1.37. The maximum absolute atomic E-state index is 11.3. The van der Waals surface area contributed by atoms with Gasteiger partial charge in [-0.2, -0.15) is 0 Å². The molecule has 0 amide bonds. The summed E-state index contributed by atoms with van der Waals surface area (Å²) in [5.74, 6) is 1.30. The van der Waals surface area contributed by atoms with E-state index in [0.29, 0.717) is 23.3 Å². The van der Waals surface area contributed by atoms with E-state index >= 15 is 0 Å². The largest absolute Gasteiger partial charge is 0.483 e. The van der Waals surface area contributed by atoms with E-state index in [1.54, 1.807) is 6.20 Å². The second-order valence-corrected chi connectivity index (χ2v) is 6.07. The van der Waals surface area contributed by atoms with Crippen LogP contribution >= 0.6 is 11.8 Å². The normalized spacial score (nSPS) is 10.8. The Morgan fingerprint density at radius 3 is 2.88 bits per heavy atom. The summed E-state index contributed by atoms with van der Waals surface area (Å²) < 4.78 is 12.5. The lowest BCUT2D eigenvalue weighted by atomic mass is 10.2. The number of nitrogens with zero attached hydrogens (tertiary/aromatic N) is 4. The van der Waals surface area contributed by atoms with Gasteiger partial charge >= 0.3 is 5.97 Å². The van der Waals surface area contributed by atoms with E-state index < -0.39 is 0 Å². The van der Waals surface area contributed by atoms with Crippen molar-refractivity contribution in [3.8, 4) is 5.75 Å². The lowest BCUT2D eigenvalue weighted by Crippen LogP contribution is -2.09. The van der Waals surface area contributed by atoms with Gasteiger partial charge < -0.3 is 14.0 Å². The molecule has 0 saturated heterocycles. The number of esters is 1. The Hall–Kier alpha value is -2.61. The Labute approximate surface area is 149 Å². The molecule has 0 fully saturated rings. The van der Waals surface area contributed by atoms with E-state index in [0.717, 1.165) is 10.9 Å². The van der Waals surface area contributed by atoms with Crippen molar-refractivity contribution in [1.82, 2.24) is 19.7 Å². The van der Waals surface area contributed by atoms with E-state index in [-0.39, 0.29) is 18.3 Å². The highest BCUT2D eigenvalue weighted by atomic mass is 32.2. The van der Waals surface area contributed by atoms with Crippen molar-refractivity contribution in [2.45, 2.75) is 25.2 Å². The van der Waals surface area contributed by atoms with Crippen molar-refractivity contribution in [1.29, 1.82) is 0 Å². The third kappa shape index (κ3) is 3.90. The maximum Gasteiger partial charge on any atom is 0.316 e. The Kier molecular flexibility index (Phi) is 5.49. The van der Waals surface area contributed by atoms with E-state index in [1.807, 2.05) is 41.8 Å². The number of benzene rings is 1. The quantitative estimate of drug-likeness (QED) is 0.474. The molecule has 1 aromatic carbocycles. The summed E-state index contributed by atoms with van der Waals surface area (Å²) >= 11 is 1.30. The van der Waals surface area contributed by atoms with Gasteiger partial charge in [-0.15, -0.1) is 10.2 Å². The zero-order valence-corrected chi connectivity index (χ0v) is 14.8. The topological polar surface area (TPSA) is 79.1 Å². The number of ether oxygens (including phenoxy) is 2. The molecule has 0 saturated carbocycles. The summed E-state index contributed by atoms with van der Waals surface area (Å²) in [6, 6.07) is 9.69. The van der Waals surface area contributed by atoms with E-state index in [2.05, 4.69) is 19.9 Å². The van der Waals surface area contributed by atoms with Gasteiger partial charge in [-0.25, -0.2) is 0 Å². The van der Waals surface area contributed by atoms with Crippen LogP contribution in [0.5, 0.6) is 5.75 Å². The van der Waals surface area contributed by atoms with Crippen LogP contribution in [0.4, 0.5) is 0 Å². The average Bonchev–Trinajstić information content (AvgIpc) is 3.06. The van der Waals surface area contributed by atoms with E-state index in [9.17, 15) is 4.79 Å². The van der Waals surface area contributed by atoms with Crippen LogP contribution in [0.25, 0.3) is 10.9 Å². The number of pyridine rings is 1. The Morgan fingerprint density at radius 2 is 2.08 bits per heavy atom. The Balaban J connectivity index is 1.74. The van der Waals surface area contributed by atoms with Crippen molar-refractivity contribution < 1.29 is 14.3 Å². The van der Waals surface area contributed by atoms with Gasteiger partial charge in [-0.05, 0) is 19.1 Å². The molecule has 0 spiro atoms. The van der Waals surface area contributed by atoms with Crippen LogP contribution in [0.15, 0.2) is 41.7 Å². The first kappa shape index (κ1) is 17.2. The van der Waals surface area contributed by atoms with Crippen LogP contribution in [-0.4, -0.2) is 38.6 Å². The summed E-state index contributed by atoms with van der Waals surface area (Å²) in [4.78, 5) is 15.7. The fourth-order valence-corrected chi connectivity index (χ4v) is 3.22. The molecule has 0 aliphatic heterocycles. The number of hydrogen-bond acceptors (Lipinski definition) is 7. The number of aromatic nitrogens is 4. The van der Waals surface area contributed by atoms with Gasteiger partial charge in [-0.1, -0.05) is 30.0 Å². The molecule has 2 heterocycles. The standard InChI is InChI=1S/C17H18N4O3S/c1-3-21-14(19-20-17(21)25-11-15(22)23-2)10-24-13-8-4-6-12-7-5-9-18-16(12)13/h4-9H,3,10-11H2,1-2H3. The monoisotopic (exact) mass is 358 g/mol. The Bertz CT molecular complexity index is 876. The number of fused-ring (bicyclic) bond motifs is 1. The molecule has 2 aromatic heterocycles. The molecule has 3 aromatic rings. The van der Waals surface area contributed by atoms with Gasteiger partial charge in [-0.3, -0.25) is 9.78 Å². The second kappa shape index (κ2) is 7.98. The van der Waals surface area contributed by atoms with Gasteiger partial charge in [0, 0.05) is 18.1 Å². The lowest BCUT2D eigenvalue weighted by molar-refractivity contribution is -0.137. The lowest BCUT2D eigenvalue weighted by Gasteiger charge is -2.10. The van der Waals surface area contributed by atoms with Crippen LogP contribution in [0.1, 0.15) is 12.7 Å². The zero-order valence-electron chi connectivity index (χ0n) is 14.0. The first-order valence-electron chi connectivity index (χ1n) is 7.81. The van der Waals surface area contributed by atoms with Crippen LogP contribution in [0.2, 0.25) is 0 Å². The molecule has 130 valence electrons. The summed E-state index contributed by atoms with van der Waals surface area (Å²) in [6.07, 6.45) is 1.74. The molecule has 0 radical (unpaired) electrons. The number of carbonyl (C=O) groups is 1. The SMILES string of the molecule is CCn1c(COc2cccc3cccnc23)nnc1SCC(=O)OC. The van der Waals surface area contributed by atoms with Crippen LogP contribution in [0.3, 0.4) is 0 Å². The highest BCUT2D eigenvalue weighted by Gasteiger charge is 2.14. The first-order chi connectivity index (χ1) is 12.2. The zero-order chi connectivity index (χ0) is 17.6. The minimum Gasteiger partial charge on any atom is -0.483 e. The average molecular weight is 358 g/mol. The molecule has 0 aliphatic rings. The number of rotatable bonds is 7. The van der Waals surface area contributed by atoms with Gasteiger partial charge in [0.15, 0.2) is 11.0 Å². The fraction of sp³-hybridized carbons (Fsp3) is 0.294. The molecular weight excluding hydrogens is 340 g/mol. The van der Waals surface area contributed by atoms with Crippen LogP contribution < -0.4 is 4.74 Å². The predicted octanol–water partition coefficient (Wildman–Crippen LogP) is 2.69. The van der Waals surface area contributed by atoms with Gasteiger partial charge in [0.05, 0.1) is 12.9 Å². The number of para-hydroxylation sites is 1. The predicted molar refractivity (Wildman–Crippen MR) is 94.5 cm³/mol. The maximum atomic E-state index is 11.3. The summed E-state index contributed by atoms with van der Waals surface area (Å²) in [6.45, 7) is 2.95. The highest BCUT2D eigenvalue weighted by Crippen LogP contribution is 2.24. The molecule has 8 heteroatoms. The Morgan fingerprint density at radius 1 is 1.24 bits per heavy atom. The number of hydrogen-bond donors (Lipinski definition) is 0. The van der Waals surface area contributed by atoms with Gasteiger partial charge in [0.25, 0.3) is 0 Å². The van der Waals surface area contributed by atoms with Crippen LogP contribution in [-0.2, 0) is 22.7 Å². The smallest absolute Gasteiger partial charge is 0.316 e. The number of carbonyl (C=O) groups excluding carboxylic acids is 1. The summed E-state index contributed by atoms with van der Waals surface area (Å²) in [5.41, 5.74) is 0.813. The molecule has 0 atom stereocenters. The van der Waals surface area contributed by atoms with E-state index in [4.69, 9.17) is 4.74 Å². The van der Waals surface area contributed by atoms with Gasteiger partial charge in [0.2, 0.25) is 0 Å². The number of methoxy groups -OCH3 is 1. The molecule has 0 unspecified atom stereocenters. The first-order valence-corrected chi connectivity index (χ1v) is 8.79. The van der Waals surface area contributed by atoms with Crippen LogP contribution in [0, 0.1) is 0 Å². The third-order valence-electron chi connectivity index (χ3n) is 3.61. The van der Waals surface area contributed by atoms with Crippen molar-refractivity contribution in [3.05, 3.63) is 42.4 Å². The van der Waals surface area contributed by atoms with Crippen molar-refractivity contribution >= 4 is 28.6 Å². The molecule has 25 heavy (non-hydrogen) atoms. The minimum absolute atomic E-state index is 0.197. The number of thioether (sulfide) groups is 1. The fourth-order valence-electron chi connectivity index (χ4n) is 2.37. The molecule has 0 aliphatic carbocycles.